The van der Waals surface area contributed by atoms with E-state index in [4.69, 9.17) is 0 Å². The Morgan fingerprint density at radius 3 is 2.67 bits per heavy atom. The number of halogens is 3. The third-order valence-electron chi connectivity index (χ3n) is 3.91. The lowest BCUT2D eigenvalue weighted by molar-refractivity contribution is -0.137. The first-order chi connectivity index (χ1) is 14.3. The molecule has 3 rings (SSSR count). The van der Waals surface area contributed by atoms with E-state index in [9.17, 15) is 22.8 Å². The minimum Gasteiger partial charge on any atom is -0.466 e. The molecule has 0 spiro atoms. The van der Waals surface area contributed by atoms with Gasteiger partial charge in [-0.15, -0.1) is 5.10 Å². The van der Waals surface area contributed by atoms with Crippen molar-refractivity contribution in [1.82, 2.24) is 5.32 Å². The molecule has 0 saturated carbocycles. The average molecular weight is 433 g/mol. The summed E-state index contributed by atoms with van der Waals surface area (Å²) in [6.07, 6.45) is -2.04. The highest BCUT2D eigenvalue weighted by Gasteiger charge is 2.30. The molecule has 1 aliphatic heterocycles. The number of hydrogen-bond acceptors (Lipinski definition) is 6. The number of alkyl halides is 3. The number of ether oxygens (including phenoxy) is 1. The fraction of sp³-hybridized carbons (Fsp3) is 0.100. The first-order valence-electron chi connectivity index (χ1n) is 8.44. The van der Waals surface area contributed by atoms with Crippen molar-refractivity contribution in [3.8, 4) is 11.1 Å². The quantitative estimate of drug-likeness (QED) is 0.342. The van der Waals surface area contributed by atoms with Crippen LogP contribution in [-0.2, 0) is 20.5 Å². The largest absolute Gasteiger partial charge is 0.466 e. The Hall–Kier alpha value is -3.40. The predicted molar refractivity (Wildman–Crippen MR) is 108 cm³/mol. The number of nitrogens with one attached hydrogen (secondary N) is 1. The second-order valence-corrected chi connectivity index (χ2v) is 6.93. The van der Waals surface area contributed by atoms with Gasteiger partial charge in [0, 0.05) is 11.6 Å². The van der Waals surface area contributed by atoms with Gasteiger partial charge in [-0.25, -0.2) is 4.79 Å². The summed E-state index contributed by atoms with van der Waals surface area (Å²) < 4.78 is 43.5. The van der Waals surface area contributed by atoms with Crippen molar-refractivity contribution >= 4 is 35.0 Å². The van der Waals surface area contributed by atoms with E-state index in [2.05, 4.69) is 20.3 Å². The summed E-state index contributed by atoms with van der Waals surface area (Å²) in [5.74, 6) is -1.18. The van der Waals surface area contributed by atoms with Crippen molar-refractivity contribution in [3.63, 3.8) is 0 Å². The monoisotopic (exact) mass is 433 g/mol. The average Bonchev–Trinajstić information content (AvgIpc) is 3.06. The predicted octanol–water partition coefficient (Wildman–Crippen LogP) is 3.98. The van der Waals surface area contributed by atoms with E-state index in [1.807, 2.05) is 0 Å². The molecule has 1 aliphatic rings. The van der Waals surface area contributed by atoms with Gasteiger partial charge in [0.2, 0.25) is 0 Å². The highest BCUT2D eigenvalue weighted by molar-refractivity contribution is 8.18. The normalized spacial score (nSPS) is 17.0. The Bertz CT molecular complexity index is 1080. The first-order valence-corrected chi connectivity index (χ1v) is 9.26. The van der Waals surface area contributed by atoms with Crippen LogP contribution >= 0.6 is 11.8 Å². The number of nitrogens with zero attached hydrogens (tertiary/aromatic N) is 2. The molecular weight excluding hydrogens is 419 g/mol. The van der Waals surface area contributed by atoms with E-state index >= 15 is 0 Å². The van der Waals surface area contributed by atoms with Crippen LogP contribution in [-0.4, -0.2) is 30.4 Å². The summed E-state index contributed by atoms with van der Waals surface area (Å²) in [6.45, 7) is 0. The molecular formula is C20H14F3N3O3S. The number of carbonyl (C=O) groups is 2. The molecule has 0 aliphatic carbocycles. The molecule has 1 saturated heterocycles. The van der Waals surface area contributed by atoms with Gasteiger partial charge in [0.15, 0.2) is 5.17 Å². The van der Waals surface area contributed by atoms with E-state index in [0.717, 1.165) is 30.0 Å². The molecule has 0 bridgehead atoms. The summed E-state index contributed by atoms with van der Waals surface area (Å²) in [5.41, 5.74) is 0.719. The Morgan fingerprint density at radius 2 is 1.93 bits per heavy atom. The molecule has 2 aromatic rings. The van der Waals surface area contributed by atoms with E-state index < -0.39 is 23.6 Å². The lowest BCUT2D eigenvalue weighted by Crippen LogP contribution is -2.19. The number of carbonyl (C=O) groups excluding carboxylic acids is 2. The maximum atomic E-state index is 13.0. The molecule has 2 aromatic carbocycles. The van der Waals surface area contributed by atoms with Crippen molar-refractivity contribution in [1.29, 1.82) is 0 Å². The minimum absolute atomic E-state index is 0.111. The van der Waals surface area contributed by atoms with E-state index in [-0.39, 0.29) is 10.1 Å². The molecule has 30 heavy (non-hydrogen) atoms. The van der Waals surface area contributed by atoms with Gasteiger partial charge in [-0.2, -0.15) is 18.3 Å². The third-order valence-corrected chi connectivity index (χ3v) is 4.81. The second-order valence-electron chi connectivity index (χ2n) is 5.90. The number of hydrogen-bond donors (Lipinski definition) is 1. The number of thioether (sulfide) groups is 1. The maximum absolute atomic E-state index is 13.0. The zero-order valence-electron chi connectivity index (χ0n) is 15.4. The van der Waals surface area contributed by atoms with Crippen molar-refractivity contribution in [3.05, 3.63) is 70.6 Å². The molecule has 10 heteroatoms. The molecule has 154 valence electrons. The SMILES string of the molecule is COC(=O)/C=C1/S/C(=N\N=Cc2ccccc2-c2cccc(C(F)(F)F)c2)NC1=O. The van der Waals surface area contributed by atoms with Gasteiger partial charge >= 0.3 is 12.1 Å². The van der Waals surface area contributed by atoms with E-state index in [1.54, 1.807) is 30.3 Å². The fourth-order valence-electron chi connectivity index (χ4n) is 2.52. The van der Waals surface area contributed by atoms with Crippen molar-refractivity contribution in [2.45, 2.75) is 6.18 Å². The van der Waals surface area contributed by atoms with E-state index in [0.29, 0.717) is 16.7 Å². The molecule has 0 atom stereocenters. The van der Waals surface area contributed by atoms with Crippen LogP contribution in [0.4, 0.5) is 13.2 Å². The van der Waals surface area contributed by atoms with Gasteiger partial charge in [0.05, 0.1) is 23.8 Å². The van der Waals surface area contributed by atoms with Crippen molar-refractivity contribution < 1.29 is 27.5 Å². The lowest BCUT2D eigenvalue weighted by atomic mass is 9.98. The molecule has 0 aromatic heterocycles. The smallest absolute Gasteiger partial charge is 0.416 e. The minimum atomic E-state index is -4.45. The molecule has 1 N–H and O–H groups in total. The van der Waals surface area contributed by atoms with E-state index in [1.165, 1.54) is 19.4 Å². The highest BCUT2D eigenvalue weighted by atomic mass is 32.2. The third kappa shape index (κ3) is 5.15. The zero-order chi connectivity index (χ0) is 21.7. The standard InChI is InChI=1S/C20H14F3N3O3S/c1-29-17(27)10-16-18(28)25-19(30-16)26-24-11-13-5-2-3-8-15(13)12-6-4-7-14(9-12)20(21,22)23/h2-11H,1H3,(H,25,26,28)/b16-10+,24-11?. The van der Waals surface area contributed by atoms with Crippen LogP contribution in [0.15, 0.2) is 69.7 Å². The van der Waals surface area contributed by atoms with Crippen LogP contribution in [0.2, 0.25) is 0 Å². The number of benzene rings is 2. The highest BCUT2D eigenvalue weighted by Crippen LogP contribution is 2.33. The maximum Gasteiger partial charge on any atom is 0.416 e. The van der Waals surface area contributed by atoms with Crippen LogP contribution in [0.1, 0.15) is 11.1 Å². The second kappa shape index (κ2) is 8.95. The summed E-state index contributed by atoms with van der Waals surface area (Å²) in [5, 5.41) is 10.4. The van der Waals surface area contributed by atoms with Crippen LogP contribution in [0.5, 0.6) is 0 Å². The number of methoxy groups -OCH3 is 1. The molecule has 0 radical (unpaired) electrons. The van der Waals surface area contributed by atoms with Gasteiger partial charge in [-0.3, -0.25) is 10.1 Å². The van der Waals surface area contributed by atoms with Crippen LogP contribution in [0, 0.1) is 0 Å². The number of rotatable bonds is 4. The summed E-state index contributed by atoms with van der Waals surface area (Å²) in [6, 6.07) is 11.8. The summed E-state index contributed by atoms with van der Waals surface area (Å²) >= 11 is 0.914. The topological polar surface area (TPSA) is 80.1 Å². The van der Waals surface area contributed by atoms with Crippen molar-refractivity contribution in [2.75, 3.05) is 7.11 Å². The first kappa shape index (κ1) is 21.3. The number of esters is 1. The molecule has 1 fully saturated rings. The Kier molecular flexibility index (Phi) is 6.36. The Morgan fingerprint density at radius 1 is 1.17 bits per heavy atom. The lowest BCUT2D eigenvalue weighted by Gasteiger charge is -2.10. The molecule has 1 heterocycles. The zero-order valence-corrected chi connectivity index (χ0v) is 16.3. The van der Waals surface area contributed by atoms with Crippen LogP contribution in [0.3, 0.4) is 0 Å². The van der Waals surface area contributed by atoms with Gasteiger partial charge in [0.1, 0.15) is 0 Å². The molecule has 0 unspecified atom stereocenters. The van der Waals surface area contributed by atoms with Gasteiger partial charge in [-0.05, 0) is 35.0 Å². The number of amidine groups is 1. The summed E-state index contributed by atoms with van der Waals surface area (Å²) in [7, 11) is 1.19. The Balaban J connectivity index is 1.84. The summed E-state index contributed by atoms with van der Waals surface area (Å²) in [4.78, 5) is 23.1. The molecule has 6 nitrogen and oxygen atoms in total. The van der Waals surface area contributed by atoms with Crippen LogP contribution in [0.25, 0.3) is 11.1 Å². The fourth-order valence-corrected chi connectivity index (χ4v) is 3.26. The van der Waals surface area contributed by atoms with Crippen LogP contribution < -0.4 is 5.32 Å². The number of amides is 1. The van der Waals surface area contributed by atoms with Crippen molar-refractivity contribution in [2.24, 2.45) is 10.2 Å². The van der Waals surface area contributed by atoms with Gasteiger partial charge in [0.25, 0.3) is 5.91 Å². The Labute approximate surface area is 173 Å². The van der Waals surface area contributed by atoms with Gasteiger partial charge in [-0.1, -0.05) is 36.4 Å². The molecule has 1 amide bonds. The van der Waals surface area contributed by atoms with Gasteiger partial charge < -0.3 is 4.74 Å².